The summed E-state index contributed by atoms with van der Waals surface area (Å²) in [5, 5.41) is 11.9. The van der Waals surface area contributed by atoms with Crippen LogP contribution in [0.3, 0.4) is 0 Å². The van der Waals surface area contributed by atoms with E-state index in [2.05, 4.69) is 54.8 Å². The Labute approximate surface area is 129 Å². The standard InChI is InChI=1S/C13H14BrN3S2/c1-9(14)8-19-13-16-15-12(17(13)10-4-5-10)7-11-3-2-6-18-11/h2-3,6,10H,1,4-5,7-8H2. The third-order valence-corrected chi connectivity index (χ3v) is 5.47. The second-order valence-corrected chi connectivity index (χ2v) is 7.66. The van der Waals surface area contributed by atoms with Gasteiger partial charge in [-0.1, -0.05) is 40.3 Å². The Kier molecular flexibility index (Phi) is 4.10. The molecule has 0 unspecified atom stereocenters. The van der Waals surface area contributed by atoms with Crippen LogP contribution in [-0.2, 0) is 6.42 Å². The van der Waals surface area contributed by atoms with E-state index in [1.54, 1.807) is 23.1 Å². The Bertz CT molecular complexity index is 573. The molecule has 0 spiro atoms. The van der Waals surface area contributed by atoms with Crippen molar-refractivity contribution in [2.45, 2.75) is 30.5 Å². The molecule has 2 aromatic heterocycles. The molecule has 3 rings (SSSR count). The minimum atomic E-state index is 0.607. The number of aromatic nitrogens is 3. The molecule has 1 saturated carbocycles. The molecule has 0 aromatic carbocycles. The topological polar surface area (TPSA) is 30.7 Å². The van der Waals surface area contributed by atoms with Crippen LogP contribution < -0.4 is 0 Å². The normalized spacial score (nSPS) is 14.8. The van der Waals surface area contributed by atoms with Gasteiger partial charge in [-0.15, -0.1) is 21.5 Å². The molecule has 0 bridgehead atoms. The molecule has 19 heavy (non-hydrogen) atoms. The van der Waals surface area contributed by atoms with E-state index in [9.17, 15) is 0 Å². The number of thiophene rings is 1. The maximum absolute atomic E-state index is 4.38. The van der Waals surface area contributed by atoms with Gasteiger partial charge in [0.2, 0.25) is 0 Å². The highest BCUT2D eigenvalue weighted by Gasteiger charge is 2.29. The third kappa shape index (κ3) is 3.30. The van der Waals surface area contributed by atoms with Gasteiger partial charge in [-0.2, -0.15) is 0 Å². The van der Waals surface area contributed by atoms with Crippen molar-refractivity contribution in [2.24, 2.45) is 0 Å². The van der Waals surface area contributed by atoms with Gasteiger partial charge in [-0.05, 0) is 28.8 Å². The van der Waals surface area contributed by atoms with Crippen LogP contribution in [0.15, 0.2) is 33.7 Å². The van der Waals surface area contributed by atoms with Crippen LogP contribution in [0.4, 0.5) is 0 Å². The fraction of sp³-hybridized carbons (Fsp3) is 0.385. The molecule has 1 aliphatic rings. The molecule has 0 aliphatic heterocycles. The van der Waals surface area contributed by atoms with E-state index in [0.29, 0.717) is 6.04 Å². The summed E-state index contributed by atoms with van der Waals surface area (Å²) in [6.45, 7) is 3.87. The highest BCUT2D eigenvalue weighted by Crippen LogP contribution is 2.39. The zero-order valence-corrected chi connectivity index (χ0v) is 13.6. The SMILES string of the molecule is C=C(Br)CSc1nnc(Cc2cccs2)n1C1CC1. The van der Waals surface area contributed by atoms with Crippen LogP contribution in [0.2, 0.25) is 0 Å². The second-order valence-electron chi connectivity index (χ2n) is 4.56. The molecule has 6 heteroatoms. The first kappa shape index (κ1) is 13.4. The lowest BCUT2D eigenvalue weighted by Crippen LogP contribution is -2.03. The predicted octanol–water partition coefficient (Wildman–Crippen LogP) is 4.27. The van der Waals surface area contributed by atoms with Crippen LogP contribution >= 0.6 is 39.0 Å². The smallest absolute Gasteiger partial charge is 0.191 e. The first-order chi connectivity index (χ1) is 9.24. The number of thioether (sulfide) groups is 1. The average molecular weight is 356 g/mol. The lowest BCUT2D eigenvalue weighted by Gasteiger charge is -2.07. The zero-order valence-electron chi connectivity index (χ0n) is 10.4. The lowest BCUT2D eigenvalue weighted by molar-refractivity contribution is 0.635. The molecule has 100 valence electrons. The van der Waals surface area contributed by atoms with Crippen molar-refractivity contribution in [3.63, 3.8) is 0 Å². The largest absolute Gasteiger partial charge is 0.303 e. The molecule has 0 radical (unpaired) electrons. The second kappa shape index (κ2) is 5.81. The van der Waals surface area contributed by atoms with E-state index >= 15 is 0 Å². The maximum atomic E-state index is 4.38. The summed E-state index contributed by atoms with van der Waals surface area (Å²) in [5.41, 5.74) is 0. The first-order valence-electron chi connectivity index (χ1n) is 6.16. The molecule has 0 amide bonds. The number of hydrogen-bond donors (Lipinski definition) is 0. The van der Waals surface area contributed by atoms with Crippen LogP contribution in [-0.4, -0.2) is 20.5 Å². The average Bonchev–Trinajstić information content (AvgIpc) is 2.94. The Hall–Kier alpha value is -0.590. The van der Waals surface area contributed by atoms with Crippen LogP contribution in [0.5, 0.6) is 0 Å². The minimum Gasteiger partial charge on any atom is -0.303 e. The van der Waals surface area contributed by atoms with Crippen molar-refractivity contribution in [2.75, 3.05) is 5.75 Å². The predicted molar refractivity (Wildman–Crippen MR) is 84.2 cm³/mol. The molecule has 3 nitrogen and oxygen atoms in total. The molecule has 2 aromatic rings. The van der Waals surface area contributed by atoms with Crippen LogP contribution in [0.25, 0.3) is 0 Å². The monoisotopic (exact) mass is 355 g/mol. The molecular weight excluding hydrogens is 342 g/mol. The molecule has 0 saturated heterocycles. The highest BCUT2D eigenvalue weighted by molar-refractivity contribution is 9.11. The Morgan fingerprint density at radius 3 is 3.00 bits per heavy atom. The van der Waals surface area contributed by atoms with Crippen LogP contribution in [0, 0.1) is 0 Å². The van der Waals surface area contributed by atoms with Gasteiger partial charge >= 0.3 is 0 Å². The van der Waals surface area contributed by atoms with Gasteiger partial charge in [-0.25, -0.2) is 0 Å². The summed E-state index contributed by atoms with van der Waals surface area (Å²) >= 11 is 6.87. The Morgan fingerprint density at radius 2 is 2.37 bits per heavy atom. The van der Waals surface area contributed by atoms with Crippen molar-refractivity contribution in [1.29, 1.82) is 0 Å². The lowest BCUT2D eigenvalue weighted by atomic mass is 10.3. The maximum Gasteiger partial charge on any atom is 0.191 e. The van der Waals surface area contributed by atoms with Gasteiger partial charge in [-0.3, -0.25) is 0 Å². The molecule has 0 atom stereocenters. The van der Waals surface area contributed by atoms with Crippen molar-refractivity contribution < 1.29 is 0 Å². The minimum absolute atomic E-state index is 0.607. The molecular formula is C13H14BrN3S2. The highest BCUT2D eigenvalue weighted by atomic mass is 79.9. The summed E-state index contributed by atoms with van der Waals surface area (Å²) < 4.78 is 3.31. The van der Waals surface area contributed by atoms with E-state index < -0.39 is 0 Å². The van der Waals surface area contributed by atoms with E-state index in [0.717, 1.165) is 27.6 Å². The van der Waals surface area contributed by atoms with Crippen molar-refractivity contribution in [1.82, 2.24) is 14.8 Å². The van der Waals surface area contributed by atoms with Gasteiger partial charge < -0.3 is 4.57 Å². The molecule has 1 fully saturated rings. The number of rotatable bonds is 6. The molecule has 1 aliphatic carbocycles. The first-order valence-corrected chi connectivity index (χ1v) is 8.82. The number of halogens is 1. The van der Waals surface area contributed by atoms with Gasteiger partial charge in [0.05, 0.1) is 0 Å². The van der Waals surface area contributed by atoms with Crippen molar-refractivity contribution >= 4 is 39.0 Å². The Balaban J connectivity index is 1.81. The van der Waals surface area contributed by atoms with Crippen LogP contribution in [0.1, 0.15) is 29.6 Å². The fourth-order valence-corrected chi connectivity index (χ4v) is 3.76. The molecule has 0 N–H and O–H groups in total. The quantitative estimate of drug-likeness (QED) is 0.725. The number of hydrogen-bond acceptors (Lipinski definition) is 4. The third-order valence-electron chi connectivity index (χ3n) is 2.92. The van der Waals surface area contributed by atoms with Crippen molar-refractivity contribution in [3.05, 3.63) is 39.3 Å². The van der Waals surface area contributed by atoms with E-state index in [4.69, 9.17) is 0 Å². The van der Waals surface area contributed by atoms with Gasteiger partial charge in [0.25, 0.3) is 0 Å². The van der Waals surface area contributed by atoms with Gasteiger partial charge in [0.1, 0.15) is 5.82 Å². The van der Waals surface area contributed by atoms with Gasteiger partial charge in [0, 0.05) is 23.1 Å². The van der Waals surface area contributed by atoms with E-state index in [1.807, 2.05) is 0 Å². The zero-order chi connectivity index (χ0) is 13.2. The van der Waals surface area contributed by atoms with Crippen molar-refractivity contribution in [3.8, 4) is 0 Å². The summed E-state index contributed by atoms with van der Waals surface area (Å²) in [6.07, 6.45) is 3.38. The molecule has 2 heterocycles. The van der Waals surface area contributed by atoms with E-state index in [-0.39, 0.29) is 0 Å². The van der Waals surface area contributed by atoms with Gasteiger partial charge in [0.15, 0.2) is 5.16 Å². The summed E-state index contributed by atoms with van der Waals surface area (Å²) in [6, 6.07) is 4.85. The van der Waals surface area contributed by atoms with E-state index in [1.165, 1.54) is 17.7 Å². The number of nitrogens with zero attached hydrogens (tertiary/aromatic N) is 3. The fourth-order valence-electron chi connectivity index (χ4n) is 1.94. The summed E-state index contributed by atoms with van der Waals surface area (Å²) in [5.74, 6) is 1.93. The Morgan fingerprint density at radius 1 is 1.53 bits per heavy atom. The summed E-state index contributed by atoms with van der Waals surface area (Å²) in [7, 11) is 0. The summed E-state index contributed by atoms with van der Waals surface area (Å²) in [4.78, 5) is 1.34.